The van der Waals surface area contributed by atoms with Crippen molar-refractivity contribution in [2.24, 2.45) is 5.92 Å². The van der Waals surface area contributed by atoms with Gasteiger partial charge < -0.3 is 15.0 Å². The molecular formula is C24H34N4O3. The van der Waals surface area contributed by atoms with Crippen molar-refractivity contribution in [3.05, 3.63) is 41.6 Å². The molecule has 3 rings (SSSR count). The van der Waals surface area contributed by atoms with Crippen molar-refractivity contribution in [3.8, 4) is 5.69 Å². The molecule has 0 atom stereocenters. The zero-order valence-corrected chi connectivity index (χ0v) is 19.3. The predicted molar refractivity (Wildman–Crippen MR) is 121 cm³/mol. The zero-order chi connectivity index (χ0) is 22.6. The van der Waals surface area contributed by atoms with Gasteiger partial charge in [0.05, 0.1) is 24.5 Å². The summed E-state index contributed by atoms with van der Waals surface area (Å²) in [6.07, 6.45) is 2.88. The van der Waals surface area contributed by atoms with E-state index in [9.17, 15) is 9.59 Å². The number of hydrogen-bond acceptors (Lipinski definition) is 4. The molecule has 1 N–H and O–H groups in total. The molecule has 0 aliphatic heterocycles. The molecule has 0 spiro atoms. The Morgan fingerprint density at radius 1 is 1.23 bits per heavy atom. The molecule has 0 saturated heterocycles. The van der Waals surface area contributed by atoms with Gasteiger partial charge in [-0.1, -0.05) is 44.9 Å². The summed E-state index contributed by atoms with van der Waals surface area (Å²) in [6.45, 7) is 9.11. The second-order valence-corrected chi connectivity index (χ2v) is 9.34. The van der Waals surface area contributed by atoms with Gasteiger partial charge in [-0.15, -0.1) is 0 Å². The molecule has 1 aromatic carbocycles. The Kier molecular flexibility index (Phi) is 7.15. The average Bonchev–Trinajstić information content (AvgIpc) is 3.08. The molecule has 168 valence electrons. The van der Waals surface area contributed by atoms with Gasteiger partial charge in [-0.2, -0.15) is 5.10 Å². The molecule has 0 bridgehead atoms. The van der Waals surface area contributed by atoms with Crippen molar-refractivity contribution < 1.29 is 14.3 Å². The van der Waals surface area contributed by atoms with E-state index in [1.165, 1.54) is 0 Å². The van der Waals surface area contributed by atoms with Crippen LogP contribution in [0.2, 0.25) is 0 Å². The summed E-state index contributed by atoms with van der Waals surface area (Å²) < 4.78 is 6.90. The molecule has 0 unspecified atom stereocenters. The van der Waals surface area contributed by atoms with E-state index in [2.05, 4.69) is 26.1 Å². The number of nitrogens with zero attached hydrogens (tertiary/aromatic N) is 3. The standard InChI is InChI=1S/C24H34N4O3/c1-17-9-11-19(12-10-17)28-21(15-20(26-28)24(2,3)4)25-22(29)16-27(13-14-31-5)23(30)18-7-6-8-18/h9-12,15,18H,6-8,13-14,16H2,1-5H3,(H,25,29). The summed E-state index contributed by atoms with van der Waals surface area (Å²) in [5.41, 5.74) is 2.74. The van der Waals surface area contributed by atoms with Crippen LogP contribution >= 0.6 is 0 Å². The lowest BCUT2D eigenvalue weighted by Crippen LogP contribution is -2.44. The molecule has 2 aromatic rings. The lowest BCUT2D eigenvalue weighted by molar-refractivity contribution is -0.141. The summed E-state index contributed by atoms with van der Waals surface area (Å²) >= 11 is 0. The minimum Gasteiger partial charge on any atom is -0.383 e. The second-order valence-electron chi connectivity index (χ2n) is 9.34. The van der Waals surface area contributed by atoms with Gasteiger partial charge in [-0.05, 0) is 31.9 Å². The Morgan fingerprint density at radius 2 is 1.90 bits per heavy atom. The number of ether oxygens (including phenoxy) is 1. The van der Waals surface area contributed by atoms with E-state index < -0.39 is 0 Å². The Hall–Kier alpha value is -2.67. The van der Waals surface area contributed by atoms with E-state index in [0.29, 0.717) is 19.0 Å². The van der Waals surface area contributed by atoms with Crippen molar-refractivity contribution in [1.82, 2.24) is 14.7 Å². The monoisotopic (exact) mass is 426 g/mol. The number of aryl methyl sites for hydroxylation is 1. The number of nitrogens with one attached hydrogen (secondary N) is 1. The van der Waals surface area contributed by atoms with E-state index in [1.807, 2.05) is 37.3 Å². The fourth-order valence-electron chi connectivity index (χ4n) is 3.46. The highest BCUT2D eigenvalue weighted by atomic mass is 16.5. The molecule has 1 aliphatic carbocycles. The molecule has 1 aliphatic rings. The second kappa shape index (κ2) is 9.64. The predicted octanol–water partition coefficient (Wildman–Crippen LogP) is 3.69. The number of benzene rings is 1. The van der Waals surface area contributed by atoms with Crippen molar-refractivity contribution >= 4 is 17.6 Å². The van der Waals surface area contributed by atoms with Gasteiger partial charge >= 0.3 is 0 Å². The number of carbonyl (C=O) groups is 2. The number of hydrogen-bond donors (Lipinski definition) is 1. The van der Waals surface area contributed by atoms with Crippen LogP contribution in [0, 0.1) is 12.8 Å². The van der Waals surface area contributed by atoms with Gasteiger partial charge in [0, 0.05) is 31.1 Å². The van der Waals surface area contributed by atoms with E-state index >= 15 is 0 Å². The topological polar surface area (TPSA) is 76.5 Å². The molecule has 2 amide bonds. The third kappa shape index (κ3) is 5.73. The largest absolute Gasteiger partial charge is 0.383 e. The van der Waals surface area contributed by atoms with Crippen molar-refractivity contribution in [1.29, 1.82) is 0 Å². The Labute approximate surface area is 184 Å². The summed E-state index contributed by atoms with van der Waals surface area (Å²) in [7, 11) is 1.60. The Bertz CT molecular complexity index is 908. The molecule has 31 heavy (non-hydrogen) atoms. The van der Waals surface area contributed by atoms with E-state index in [0.717, 1.165) is 36.2 Å². The van der Waals surface area contributed by atoms with Gasteiger partial charge in [-0.25, -0.2) is 4.68 Å². The summed E-state index contributed by atoms with van der Waals surface area (Å²) in [6, 6.07) is 9.90. The van der Waals surface area contributed by atoms with Crippen LogP contribution in [0.3, 0.4) is 0 Å². The fourth-order valence-corrected chi connectivity index (χ4v) is 3.46. The maximum atomic E-state index is 12.9. The van der Waals surface area contributed by atoms with Crippen molar-refractivity contribution in [2.75, 3.05) is 32.1 Å². The smallest absolute Gasteiger partial charge is 0.245 e. The van der Waals surface area contributed by atoms with Crippen LogP contribution in [0.25, 0.3) is 5.69 Å². The molecule has 1 saturated carbocycles. The van der Waals surface area contributed by atoms with Crippen LogP contribution in [-0.4, -0.2) is 53.3 Å². The van der Waals surface area contributed by atoms with E-state index in [4.69, 9.17) is 9.84 Å². The first-order valence-electron chi connectivity index (χ1n) is 10.9. The van der Waals surface area contributed by atoms with Gasteiger partial charge in [0.15, 0.2) is 0 Å². The van der Waals surface area contributed by atoms with Crippen LogP contribution < -0.4 is 5.32 Å². The third-order valence-electron chi connectivity index (χ3n) is 5.69. The van der Waals surface area contributed by atoms with E-state index in [1.54, 1.807) is 16.7 Å². The van der Waals surface area contributed by atoms with Crippen molar-refractivity contribution in [3.63, 3.8) is 0 Å². The summed E-state index contributed by atoms with van der Waals surface area (Å²) in [5, 5.41) is 7.73. The van der Waals surface area contributed by atoms with Gasteiger partial charge in [0.1, 0.15) is 5.82 Å². The zero-order valence-electron chi connectivity index (χ0n) is 19.3. The summed E-state index contributed by atoms with van der Waals surface area (Å²) in [4.78, 5) is 27.3. The quantitative estimate of drug-likeness (QED) is 0.698. The average molecular weight is 427 g/mol. The first-order chi connectivity index (χ1) is 14.7. The fraction of sp³-hybridized carbons (Fsp3) is 0.542. The van der Waals surface area contributed by atoms with Crippen LogP contribution in [-0.2, 0) is 19.7 Å². The van der Waals surface area contributed by atoms with Crippen LogP contribution in [0.4, 0.5) is 5.82 Å². The number of rotatable bonds is 8. The van der Waals surface area contributed by atoms with Gasteiger partial charge in [0.2, 0.25) is 11.8 Å². The normalized spacial score (nSPS) is 14.2. The minimum absolute atomic E-state index is 0.00260. The SMILES string of the molecule is COCCN(CC(=O)Nc1cc(C(C)(C)C)nn1-c1ccc(C)cc1)C(=O)C1CCC1. The van der Waals surface area contributed by atoms with Crippen LogP contribution in [0.15, 0.2) is 30.3 Å². The minimum atomic E-state index is -0.238. The van der Waals surface area contributed by atoms with Gasteiger partial charge in [-0.3, -0.25) is 9.59 Å². The maximum absolute atomic E-state index is 12.9. The van der Waals surface area contributed by atoms with Crippen LogP contribution in [0.1, 0.15) is 51.3 Å². The van der Waals surface area contributed by atoms with Crippen LogP contribution in [0.5, 0.6) is 0 Å². The molecule has 7 heteroatoms. The highest BCUT2D eigenvalue weighted by Gasteiger charge is 2.30. The number of methoxy groups -OCH3 is 1. The summed E-state index contributed by atoms with van der Waals surface area (Å²) in [5.74, 6) is 0.440. The third-order valence-corrected chi connectivity index (χ3v) is 5.69. The van der Waals surface area contributed by atoms with Gasteiger partial charge in [0.25, 0.3) is 0 Å². The number of anilines is 1. The maximum Gasteiger partial charge on any atom is 0.245 e. The lowest BCUT2D eigenvalue weighted by atomic mass is 9.84. The lowest BCUT2D eigenvalue weighted by Gasteiger charge is -2.31. The molecule has 7 nitrogen and oxygen atoms in total. The molecule has 1 aromatic heterocycles. The highest BCUT2D eigenvalue weighted by molar-refractivity contribution is 5.94. The Balaban J connectivity index is 1.80. The first-order valence-corrected chi connectivity index (χ1v) is 10.9. The molecular weight excluding hydrogens is 392 g/mol. The van der Waals surface area contributed by atoms with E-state index in [-0.39, 0.29) is 29.7 Å². The molecule has 0 radical (unpaired) electrons. The highest BCUT2D eigenvalue weighted by Crippen LogP contribution is 2.29. The number of carbonyl (C=O) groups excluding carboxylic acids is 2. The first kappa shape index (κ1) is 23.0. The Morgan fingerprint density at radius 3 is 2.45 bits per heavy atom. The van der Waals surface area contributed by atoms with Crippen molar-refractivity contribution in [2.45, 2.75) is 52.4 Å². The number of aromatic nitrogens is 2. The molecule has 1 fully saturated rings. The number of amides is 2. The molecule has 1 heterocycles.